The second kappa shape index (κ2) is 6.64. The van der Waals surface area contributed by atoms with Crippen LogP contribution in [-0.4, -0.2) is 27.9 Å². The number of carbonyl (C=O) groups excluding carboxylic acids is 1. The number of halogens is 1. The van der Waals surface area contributed by atoms with E-state index in [0.717, 1.165) is 12.0 Å². The van der Waals surface area contributed by atoms with E-state index in [-0.39, 0.29) is 24.3 Å². The lowest BCUT2D eigenvalue weighted by Gasteiger charge is -2.44. The van der Waals surface area contributed by atoms with Crippen LogP contribution in [0.3, 0.4) is 0 Å². The Morgan fingerprint density at radius 3 is 2.20 bits per heavy atom. The maximum Gasteiger partial charge on any atom is 0.304 e. The topological polar surface area (TPSA) is 57.6 Å². The van der Waals surface area contributed by atoms with E-state index in [1.165, 1.54) is 25.7 Å². The van der Waals surface area contributed by atoms with Gasteiger partial charge in [-0.1, -0.05) is 23.7 Å². The Bertz CT molecular complexity index is 654. The van der Waals surface area contributed by atoms with E-state index >= 15 is 0 Å². The molecule has 1 aromatic carbocycles. The highest BCUT2D eigenvalue weighted by atomic mass is 35.5. The summed E-state index contributed by atoms with van der Waals surface area (Å²) in [6.45, 7) is 0. The number of hydrogen-bond acceptors (Lipinski definition) is 2. The molecule has 3 aliphatic rings. The molecule has 134 valence electrons. The summed E-state index contributed by atoms with van der Waals surface area (Å²) in [5.41, 5.74) is 1.12. The molecule has 1 aliphatic heterocycles. The summed E-state index contributed by atoms with van der Waals surface area (Å²) >= 11 is 6.03. The monoisotopic (exact) mass is 361 g/mol. The Morgan fingerprint density at radius 1 is 1.08 bits per heavy atom. The van der Waals surface area contributed by atoms with Crippen molar-refractivity contribution in [3.8, 4) is 0 Å². The van der Waals surface area contributed by atoms with Gasteiger partial charge in [-0.15, -0.1) is 0 Å². The molecule has 1 N–H and O–H groups in total. The van der Waals surface area contributed by atoms with Crippen molar-refractivity contribution in [3.63, 3.8) is 0 Å². The van der Waals surface area contributed by atoms with Gasteiger partial charge in [0, 0.05) is 17.0 Å². The lowest BCUT2D eigenvalue weighted by atomic mass is 9.84. The number of carboxylic acids is 1. The van der Waals surface area contributed by atoms with Crippen molar-refractivity contribution in [2.75, 3.05) is 0 Å². The summed E-state index contributed by atoms with van der Waals surface area (Å²) < 4.78 is 0. The van der Waals surface area contributed by atoms with Crippen LogP contribution in [0.4, 0.5) is 0 Å². The Morgan fingerprint density at radius 2 is 1.68 bits per heavy atom. The molecule has 3 fully saturated rings. The number of carbonyl (C=O) groups is 2. The lowest BCUT2D eigenvalue weighted by Crippen LogP contribution is -2.51. The first-order valence-electron chi connectivity index (χ1n) is 9.34. The highest BCUT2D eigenvalue weighted by Crippen LogP contribution is 2.51. The van der Waals surface area contributed by atoms with E-state index in [9.17, 15) is 14.7 Å². The standard InChI is InChI=1S/C20H24ClNO3/c21-16-8-5-12(6-9-16)17-10-7-15(11-18(23)24)20(25)22(17)19(13-1-2-13)14-3-4-14/h5-6,8-9,13-15,17,19H,1-4,7,10-11H2,(H,23,24)/t15?,17-/m0/s1. The minimum Gasteiger partial charge on any atom is -0.481 e. The molecule has 25 heavy (non-hydrogen) atoms. The number of rotatable bonds is 6. The fourth-order valence-electron chi connectivity index (χ4n) is 4.47. The third kappa shape index (κ3) is 3.55. The Hall–Kier alpha value is -1.55. The van der Waals surface area contributed by atoms with Crippen molar-refractivity contribution >= 4 is 23.5 Å². The van der Waals surface area contributed by atoms with Crippen LogP contribution in [0.5, 0.6) is 0 Å². The number of amides is 1. The number of likely N-dealkylation sites (tertiary alicyclic amines) is 1. The first-order valence-corrected chi connectivity index (χ1v) is 9.72. The fraction of sp³-hybridized carbons (Fsp3) is 0.600. The van der Waals surface area contributed by atoms with Crippen LogP contribution in [0.2, 0.25) is 5.02 Å². The van der Waals surface area contributed by atoms with Crippen LogP contribution in [0.1, 0.15) is 56.6 Å². The van der Waals surface area contributed by atoms with E-state index in [4.69, 9.17) is 11.6 Å². The lowest BCUT2D eigenvalue weighted by molar-refractivity contribution is -0.152. The van der Waals surface area contributed by atoms with Gasteiger partial charge in [0.1, 0.15) is 0 Å². The average molecular weight is 362 g/mol. The molecule has 0 aromatic heterocycles. The molecular weight excluding hydrogens is 338 g/mol. The maximum absolute atomic E-state index is 13.3. The highest BCUT2D eigenvalue weighted by Gasteiger charge is 2.50. The summed E-state index contributed by atoms with van der Waals surface area (Å²) in [6.07, 6.45) is 6.22. The summed E-state index contributed by atoms with van der Waals surface area (Å²) in [5.74, 6) is 0.0146. The van der Waals surface area contributed by atoms with E-state index in [0.29, 0.717) is 29.3 Å². The summed E-state index contributed by atoms with van der Waals surface area (Å²) in [7, 11) is 0. The molecule has 2 atom stereocenters. The zero-order valence-corrected chi connectivity index (χ0v) is 15.0. The molecular formula is C20H24ClNO3. The molecule has 2 aliphatic carbocycles. The zero-order chi connectivity index (χ0) is 17.6. The van der Waals surface area contributed by atoms with Gasteiger partial charge in [0.15, 0.2) is 0 Å². The van der Waals surface area contributed by atoms with Gasteiger partial charge in [-0.2, -0.15) is 0 Å². The van der Waals surface area contributed by atoms with Gasteiger partial charge in [-0.25, -0.2) is 0 Å². The Labute approximate surface area is 153 Å². The van der Waals surface area contributed by atoms with Crippen molar-refractivity contribution in [2.45, 2.75) is 57.0 Å². The molecule has 4 rings (SSSR count). The van der Waals surface area contributed by atoms with Crippen LogP contribution < -0.4 is 0 Å². The van der Waals surface area contributed by atoms with Gasteiger partial charge in [0.2, 0.25) is 5.91 Å². The van der Waals surface area contributed by atoms with Crippen LogP contribution in [-0.2, 0) is 9.59 Å². The molecule has 1 heterocycles. The van der Waals surface area contributed by atoms with Crippen LogP contribution >= 0.6 is 11.6 Å². The molecule has 1 amide bonds. The largest absolute Gasteiger partial charge is 0.481 e. The van der Waals surface area contributed by atoms with Gasteiger partial charge in [-0.3, -0.25) is 9.59 Å². The summed E-state index contributed by atoms with van der Waals surface area (Å²) in [5, 5.41) is 9.88. The molecule has 0 radical (unpaired) electrons. The molecule has 1 aromatic rings. The Balaban J connectivity index is 1.65. The van der Waals surface area contributed by atoms with Gasteiger partial charge < -0.3 is 10.0 Å². The predicted molar refractivity (Wildman–Crippen MR) is 95.3 cm³/mol. The second-order valence-corrected chi connectivity index (χ2v) is 8.29. The van der Waals surface area contributed by atoms with Crippen molar-refractivity contribution < 1.29 is 14.7 Å². The molecule has 0 bridgehead atoms. The van der Waals surface area contributed by atoms with E-state index in [2.05, 4.69) is 4.90 Å². The molecule has 1 saturated heterocycles. The first kappa shape index (κ1) is 16.9. The first-order chi connectivity index (χ1) is 12.0. The maximum atomic E-state index is 13.3. The molecule has 5 heteroatoms. The van der Waals surface area contributed by atoms with Gasteiger partial charge in [-0.05, 0) is 68.1 Å². The van der Waals surface area contributed by atoms with E-state index in [1.807, 2.05) is 24.3 Å². The fourth-order valence-corrected chi connectivity index (χ4v) is 4.59. The number of carboxylic acid groups (broad SMARTS) is 1. The number of piperidine rings is 1. The number of nitrogens with zero attached hydrogens (tertiary/aromatic N) is 1. The van der Waals surface area contributed by atoms with Crippen molar-refractivity contribution in [2.24, 2.45) is 17.8 Å². The highest BCUT2D eigenvalue weighted by molar-refractivity contribution is 6.30. The van der Waals surface area contributed by atoms with Crippen LogP contribution in [0.25, 0.3) is 0 Å². The van der Waals surface area contributed by atoms with Crippen LogP contribution in [0.15, 0.2) is 24.3 Å². The predicted octanol–water partition coefficient (Wildman–Crippen LogP) is 4.28. The zero-order valence-electron chi connectivity index (χ0n) is 14.2. The van der Waals surface area contributed by atoms with Gasteiger partial charge in [0.25, 0.3) is 0 Å². The summed E-state index contributed by atoms with van der Waals surface area (Å²) in [4.78, 5) is 26.5. The van der Waals surface area contributed by atoms with E-state index < -0.39 is 5.97 Å². The molecule has 0 spiro atoms. The van der Waals surface area contributed by atoms with Crippen molar-refractivity contribution in [1.29, 1.82) is 0 Å². The third-order valence-electron chi connectivity index (χ3n) is 5.94. The SMILES string of the molecule is O=C(O)CC1CC[C@@H](c2ccc(Cl)cc2)N(C(C2CC2)C2CC2)C1=O. The minimum absolute atomic E-state index is 0.0509. The number of benzene rings is 1. The van der Waals surface area contributed by atoms with Gasteiger partial charge >= 0.3 is 5.97 Å². The number of hydrogen-bond donors (Lipinski definition) is 1. The summed E-state index contributed by atoms with van der Waals surface area (Å²) in [6, 6.07) is 8.15. The number of aliphatic carboxylic acids is 1. The smallest absolute Gasteiger partial charge is 0.304 e. The third-order valence-corrected chi connectivity index (χ3v) is 6.19. The molecule has 2 saturated carbocycles. The second-order valence-electron chi connectivity index (χ2n) is 7.85. The van der Waals surface area contributed by atoms with E-state index in [1.54, 1.807) is 0 Å². The van der Waals surface area contributed by atoms with Crippen molar-refractivity contribution in [1.82, 2.24) is 4.90 Å². The van der Waals surface area contributed by atoms with Crippen LogP contribution in [0, 0.1) is 17.8 Å². The average Bonchev–Trinajstić information content (AvgIpc) is 3.45. The minimum atomic E-state index is -0.877. The van der Waals surface area contributed by atoms with Crippen molar-refractivity contribution in [3.05, 3.63) is 34.9 Å². The normalized spacial score (nSPS) is 27.0. The molecule has 4 nitrogen and oxygen atoms in total. The van der Waals surface area contributed by atoms with Gasteiger partial charge in [0.05, 0.1) is 12.5 Å². The molecule has 1 unspecified atom stereocenters. The quantitative estimate of drug-likeness (QED) is 0.822. The Kier molecular flexibility index (Phi) is 4.48.